The van der Waals surface area contributed by atoms with Crippen molar-refractivity contribution in [2.24, 2.45) is 7.05 Å². The summed E-state index contributed by atoms with van der Waals surface area (Å²) in [7, 11) is 1.32. The molecule has 0 unspecified atom stereocenters. The standard InChI is InChI=1S/C17H17N3O5S2/c1-20-13(18)12(14(22)19-17(20)24)11(21)8-25-15(23)9-2-4-10(5-3-9)16-26-6-7-27-16/h2-5,16H,6-8,18H2,1H3,(H,19,22,24). The molecular formula is C17H17N3O5S2. The number of nitrogen functional groups attached to an aromatic ring is 1. The SMILES string of the molecule is Cn1c(N)c(C(=O)COC(=O)c2ccc(C3SCCS3)cc2)c(=O)[nH]c1=O. The minimum atomic E-state index is -0.910. The van der Waals surface area contributed by atoms with Gasteiger partial charge in [0.25, 0.3) is 5.56 Å². The first kappa shape index (κ1) is 19.3. The predicted octanol–water partition coefficient (Wildman–Crippen LogP) is 1.17. The Hall–Kier alpha value is -2.46. The molecule has 0 aliphatic carbocycles. The molecule has 0 saturated carbocycles. The fourth-order valence-corrected chi connectivity index (χ4v) is 5.38. The number of nitrogens with two attached hydrogens (primary N) is 1. The molecular weight excluding hydrogens is 390 g/mol. The van der Waals surface area contributed by atoms with Crippen LogP contribution in [0, 0.1) is 0 Å². The fraction of sp³-hybridized carbons (Fsp3) is 0.294. The van der Waals surface area contributed by atoms with E-state index < -0.39 is 35.2 Å². The lowest BCUT2D eigenvalue weighted by Gasteiger charge is -2.10. The Balaban J connectivity index is 1.67. The van der Waals surface area contributed by atoms with E-state index in [4.69, 9.17) is 10.5 Å². The normalized spacial score (nSPS) is 14.3. The number of nitrogens with zero attached hydrogens (tertiary/aromatic N) is 1. The summed E-state index contributed by atoms with van der Waals surface area (Å²) in [6, 6.07) is 7.03. The molecule has 10 heteroatoms. The first-order chi connectivity index (χ1) is 12.9. The van der Waals surface area contributed by atoms with E-state index in [9.17, 15) is 19.2 Å². The maximum absolute atomic E-state index is 12.2. The molecule has 1 aliphatic rings. The quantitative estimate of drug-likeness (QED) is 0.559. The molecule has 3 rings (SSSR count). The van der Waals surface area contributed by atoms with E-state index in [1.807, 2.05) is 40.6 Å². The number of benzene rings is 1. The Morgan fingerprint density at radius 3 is 2.48 bits per heavy atom. The van der Waals surface area contributed by atoms with Crippen LogP contribution >= 0.6 is 23.5 Å². The summed E-state index contributed by atoms with van der Waals surface area (Å²) in [5.41, 5.74) is 5.04. The molecule has 1 fully saturated rings. The van der Waals surface area contributed by atoms with Crippen LogP contribution in [-0.2, 0) is 11.8 Å². The number of hydrogen-bond acceptors (Lipinski definition) is 8. The number of aromatic nitrogens is 2. The molecule has 8 nitrogen and oxygen atoms in total. The third kappa shape index (κ3) is 4.11. The van der Waals surface area contributed by atoms with E-state index in [2.05, 4.69) is 0 Å². The summed E-state index contributed by atoms with van der Waals surface area (Å²) in [5, 5.41) is 0. The lowest BCUT2D eigenvalue weighted by molar-refractivity contribution is 0.0474. The molecule has 142 valence electrons. The number of ether oxygens (including phenoxy) is 1. The average Bonchev–Trinajstić information content (AvgIpc) is 3.19. The smallest absolute Gasteiger partial charge is 0.338 e. The summed E-state index contributed by atoms with van der Waals surface area (Å²) < 4.78 is 6.31. The number of esters is 1. The average molecular weight is 407 g/mol. The minimum absolute atomic E-state index is 0.277. The Kier molecular flexibility index (Phi) is 5.76. The van der Waals surface area contributed by atoms with Gasteiger partial charge in [0, 0.05) is 18.6 Å². The van der Waals surface area contributed by atoms with E-state index in [1.165, 1.54) is 7.05 Å². The number of nitrogens with one attached hydrogen (secondary N) is 1. The van der Waals surface area contributed by atoms with Gasteiger partial charge < -0.3 is 10.5 Å². The molecule has 1 saturated heterocycles. The Morgan fingerprint density at radius 1 is 1.22 bits per heavy atom. The van der Waals surface area contributed by atoms with Crippen LogP contribution in [-0.4, -0.2) is 39.4 Å². The van der Waals surface area contributed by atoms with Crippen LogP contribution < -0.4 is 17.0 Å². The van der Waals surface area contributed by atoms with Crippen molar-refractivity contribution < 1.29 is 14.3 Å². The molecule has 1 aliphatic heterocycles. The largest absolute Gasteiger partial charge is 0.454 e. The molecule has 2 aromatic rings. The van der Waals surface area contributed by atoms with E-state index in [0.717, 1.165) is 21.6 Å². The van der Waals surface area contributed by atoms with Gasteiger partial charge in [-0.15, -0.1) is 23.5 Å². The number of Topliss-reactive ketones (excluding diaryl/α,β-unsaturated/α-hetero) is 1. The molecule has 2 heterocycles. The Bertz CT molecular complexity index is 991. The molecule has 0 spiro atoms. The van der Waals surface area contributed by atoms with Crippen molar-refractivity contribution in [3.63, 3.8) is 0 Å². The van der Waals surface area contributed by atoms with Crippen molar-refractivity contribution in [2.45, 2.75) is 4.58 Å². The Labute approximate surface area is 162 Å². The topological polar surface area (TPSA) is 124 Å². The third-order valence-corrected chi connectivity index (χ3v) is 7.13. The molecule has 3 N–H and O–H groups in total. The zero-order valence-electron chi connectivity index (χ0n) is 14.4. The van der Waals surface area contributed by atoms with Gasteiger partial charge in [0.2, 0.25) is 5.78 Å². The number of ketones is 1. The summed E-state index contributed by atoms with van der Waals surface area (Å²) in [6.45, 7) is -0.652. The molecule has 1 aromatic heterocycles. The maximum Gasteiger partial charge on any atom is 0.338 e. The number of H-pyrrole nitrogens is 1. The lowest BCUT2D eigenvalue weighted by Crippen LogP contribution is -2.35. The second kappa shape index (κ2) is 8.05. The van der Waals surface area contributed by atoms with E-state index in [-0.39, 0.29) is 5.82 Å². The predicted molar refractivity (Wildman–Crippen MR) is 105 cm³/mol. The zero-order chi connectivity index (χ0) is 19.6. The highest BCUT2D eigenvalue weighted by Crippen LogP contribution is 2.45. The van der Waals surface area contributed by atoms with E-state index >= 15 is 0 Å². The van der Waals surface area contributed by atoms with Crippen LogP contribution in [0.1, 0.15) is 30.9 Å². The molecule has 0 atom stereocenters. The lowest BCUT2D eigenvalue weighted by atomic mass is 10.1. The summed E-state index contributed by atoms with van der Waals surface area (Å²) in [4.78, 5) is 49.6. The van der Waals surface area contributed by atoms with Crippen LogP contribution in [0.3, 0.4) is 0 Å². The van der Waals surface area contributed by atoms with E-state index in [1.54, 1.807) is 12.1 Å². The van der Waals surface area contributed by atoms with Gasteiger partial charge in [-0.05, 0) is 17.7 Å². The minimum Gasteiger partial charge on any atom is -0.454 e. The third-order valence-electron chi connectivity index (χ3n) is 4.02. The van der Waals surface area contributed by atoms with Crippen molar-refractivity contribution in [3.8, 4) is 0 Å². The first-order valence-electron chi connectivity index (χ1n) is 8.00. The zero-order valence-corrected chi connectivity index (χ0v) is 16.0. The molecule has 0 amide bonds. The molecule has 0 bridgehead atoms. The monoisotopic (exact) mass is 407 g/mol. The van der Waals surface area contributed by atoms with Crippen LogP contribution in [0.15, 0.2) is 33.9 Å². The van der Waals surface area contributed by atoms with Crippen LogP contribution in [0.25, 0.3) is 0 Å². The highest BCUT2D eigenvalue weighted by atomic mass is 32.2. The Morgan fingerprint density at radius 2 is 1.85 bits per heavy atom. The van der Waals surface area contributed by atoms with Gasteiger partial charge in [-0.25, -0.2) is 9.59 Å². The number of hydrogen-bond donors (Lipinski definition) is 2. The first-order valence-corrected chi connectivity index (χ1v) is 10.1. The van der Waals surface area contributed by atoms with Gasteiger partial charge in [-0.2, -0.15) is 0 Å². The molecule has 0 radical (unpaired) electrons. The second-order valence-corrected chi connectivity index (χ2v) is 8.50. The van der Waals surface area contributed by atoms with Crippen molar-refractivity contribution in [2.75, 3.05) is 23.8 Å². The van der Waals surface area contributed by atoms with Crippen LogP contribution in [0.2, 0.25) is 0 Å². The summed E-state index contributed by atoms with van der Waals surface area (Å²) in [6.07, 6.45) is 0. The second-order valence-electron chi connectivity index (χ2n) is 5.77. The van der Waals surface area contributed by atoms with Crippen LogP contribution in [0.5, 0.6) is 0 Å². The van der Waals surface area contributed by atoms with Gasteiger partial charge >= 0.3 is 11.7 Å². The molecule has 27 heavy (non-hydrogen) atoms. The van der Waals surface area contributed by atoms with Crippen molar-refractivity contribution in [1.82, 2.24) is 9.55 Å². The number of thioether (sulfide) groups is 2. The van der Waals surface area contributed by atoms with Gasteiger partial charge in [-0.1, -0.05) is 12.1 Å². The van der Waals surface area contributed by atoms with E-state index in [0.29, 0.717) is 10.1 Å². The number of carbonyl (C=O) groups is 2. The van der Waals surface area contributed by atoms with Gasteiger partial charge in [-0.3, -0.25) is 19.1 Å². The number of anilines is 1. The fourth-order valence-electron chi connectivity index (χ4n) is 2.52. The van der Waals surface area contributed by atoms with Crippen LogP contribution in [0.4, 0.5) is 5.82 Å². The van der Waals surface area contributed by atoms with Gasteiger partial charge in [0.05, 0.1) is 10.1 Å². The van der Waals surface area contributed by atoms with Gasteiger partial charge in [0.1, 0.15) is 11.4 Å². The van der Waals surface area contributed by atoms with Crippen molar-refractivity contribution in [1.29, 1.82) is 0 Å². The number of rotatable bonds is 5. The number of carbonyl (C=O) groups excluding carboxylic acids is 2. The number of aromatic amines is 1. The highest BCUT2D eigenvalue weighted by Gasteiger charge is 2.21. The van der Waals surface area contributed by atoms with Gasteiger partial charge in [0.15, 0.2) is 6.61 Å². The summed E-state index contributed by atoms with van der Waals surface area (Å²) >= 11 is 3.72. The summed E-state index contributed by atoms with van der Waals surface area (Å²) in [5.74, 6) is 0.471. The highest BCUT2D eigenvalue weighted by molar-refractivity contribution is 8.19. The molecule has 1 aromatic carbocycles. The maximum atomic E-state index is 12.2. The van der Waals surface area contributed by atoms with Crippen molar-refractivity contribution >= 4 is 41.1 Å². The van der Waals surface area contributed by atoms with Crippen molar-refractivity contribution in [3.05, 3.63) is 61.8 Å².